The molecule has 3 rings (SSSR count). The molecule has 0 saturated carbocycles. The summed E-state index contributed by atoms with van der Waals surface area (Å²) in [7, 11) is 0. The standard InChI is InChI=1S/C17H24N2O/c1-2-9-19-10-8-15-16(19)7-6-13-4-3-5-14(17(13)15)11-18-12-20/h3-5,12,15-16H,2,6-11H2,1H3,(H,18,20). The van der Waals surface area contributed by atoms with Crippen molar-refractivity contribution >= 4 is 6.41 Å². The van der Waals surface area contributed by atoms with Gasteiger partial charge in [0, 0.05) is 18.5 Å². The Balaban J connectivity index is 1.89. The van der Waals surface area contributed by atoms with E-state index in [4.69, 9.17) is 0 Å². The monoisotopic (exact) mass is 272 g/mol. The lowest BCUT2D eigenvalue weighted by molar-refractivity contribution is -0.109. The van der Waals surface area contributed by atoms with Crippen molar-refractivity contribution < 1.29 is 4.79 Å². The third kappa shape index (κ3) is 2.35. The number of hydrogen-bond acceptors (Lipinski definition) is 2. The van der Waals surface area contributed by atoms with Gasteiger partial charge in [0.15, 0.2) is 0 Å². The van der Waals surface area contributed by atoms with E-state index in [1.165, 1.54) is 55.5 Å². The summed E-state index contributed by atoms with van der Waals surface area (Å²) in [5.41, 5.74) is 4.37. The van der Waals surface area contributed by atoms with E-state index in [-0.39, 0.29) is 0 Å². The van der Waals surface area contributed by atoms with E-state index in [0.29, 0.717) is 12.5 Å². The molecule has 2 aliphatic rings. The average Bonchev–Trinajstić information content (AvgIpc) is 2.88. The minimum Gasteiger partial charge on any atom is -0.355 e. The summed E-state index contributed by atoms with van der Waals surface area (Å²) in [6.45, 7) is 5.40. The molecule has 1 saturated heterocycles. The summed E-state index contributed by atoms with van der Waals surface area (Å²) in [5.74, 6) is 0.676. The largest absolute Gasteiger partial charge is 0.355 e. The lowest BCUT2D eigenvalue weighted by atomic mass is 9.77. The van der Waals surface area contributed by atoms with Crippen LogP contribution in [-0.2, 0) is 17.8 Å². The van der Waals surface area contributed by atoms with Gasteiger partial charge < -0.3 is 5.32 Å². The van der Waals surface area contributed by atoms with Crippen molar-refractivity contribution in [2.75, 3.05) is 13.1 Å². The number of hydrogen-bond donors (Lipinski definition) is 1. The zero-order chi connectivity index (χ0) is 13.9. The van der Waals surface area contributed by atoms with Crippen LogP contribution in [0.2, 0.25) is 0 Å². The molecule has 1 heterocycles. The number of carbonyl (C=O) groups is 1. The van der Waals surface area contributed by atoms with Crippen LogP contribution in [0.15, 0.2) is 18.2 Å². The van der Waals surface area contributed by atoms with E-state index in [2.05, 4.69) is 35.3 Å². The molecule has 1 amide bonds. The summed E-state index contributed by atoms with van der Waals surface area (Å²) >= 11 is 0. The molecule has 1 fully saturated rings. The number of aryl methyl sites for hydroxylation is 1. The molecule has 1 N–H and O–H groups in total. The summed E-state index contributed by atoms with van der Waals surface area (Å²) in [5, 5.41) is 2.84. The Morgan fingerprint density at radius 1 is 1.40 bits per heavy atom. The first-order chi connectivity index (χ1) is 9.85. The van der Waals surface area contributed by atoms with Gasteiger partial charge in [-0.3, -0.25) is 9.69 Å². The Morgan fingerprint density at radius 3 is 3.10 bits per heavy atom. The summed E-state index contributed by atoms with van der Waals surface area (Å²) < 4.78 is 0. The molecule has 1 aliphatic heterocycles. The molecule has 0 aromatic heterocycles. The molecule has 1 aromatic rings. The Hall–Kier alpha value is -1.35. The number of amides is 1. The second kappa shape index (κ2) is 5.96. The Bertz CT molecular complexity index is 486. The van der Waals surface area contributed by atoms with E-state index in [9.17, 15) is 4.79 Å². The van der Waals surface area contributed by atoms with Gasteiger partial charge in [-0.1, -0.05) is 25.1 Å². The lowest BCUT2D eigenvalue weighted by Crippen LogP contribution is -2.36. The van der Waals surface area contributed by atoms with Crippen LogP contribution in [0.3, 0.4) is 0 Å². The van der Waals surface area contributed by atoms with Gasteiger partial charge in [0.1, 0.15) is 0 Å². The Kier molecular flexibility index (Phi) is 4.06. The van der Waals surface area contributed by atoms with E-state index in [1.54, 1.807) is 0 Å². The molecular formula is C17H24N2O. The molecule has 1 aromatic carbocycles. The topological polar surface area (TPSA) is 32.3 Å². The molecule has 2 unspecified atom stereocenters. The molecule has 20 heavy (non-hydrogen) atoms. The fourth-order valence-corrected chi connectivity index (χ4v) is 4.17. The second-order valence-electron chi connectivity index (χ2n) is 6.03. The number of rotatable bonds is 5. The average molecular weight is 272 g/mol. The van der Waals surface area contributed by atoms with Gasteiger partial charge in [-0.15, -0.1) is 0 Å². The minimum atomic E-state index is 0.670. The van der Waals surface area contributed by atoms with Crippen molar-refractivity contribution in [3.05, 3.63) is 34.9 Å². The smallest absolute Gasteiger partial charge is 0.207 e. The van der Waals surface area contributed by atoms with Crippen LogP contribution in [0.1, 0.15) is 48.8 Å². The third-order valence-corrected chi connectivity index (χ3v) is 4.91. The first kappa shape index (κ1) is 13.6. The van der Waals surface area contributed by atoms with Gasteiger partial charge in [-0.2, -0.15) is 0 Å². The summed E-state index contributed by atoms with van der Waals surface area (Å²) in [6.07, 6.45) is 5.80. The van der Waals surface area contributed by atoms with Crippen LogP contribution in [0.5, 0.6) is 0 Å². The number of nitrogens with one attached hydrogen (secondary N) is 1. The van der Waals surface area contributed by atoms with E-state index < -0.39 is 0 Å². The Morgan fingerprint density at radius 2 is 2.30 bits per heavy atom. The molecule has 2 atom stereocenters. The highest BCUT2D eigenvalue weighted by Crippen LogP contribution is 2.43. The molecule has 0 spiro atoms. The van der Waals surface area contributed by atoms with E-state index in [0.717, 1.165) is 12.5 Å². The van der Waals surface area contributed by atoms with Crippen LogP contribution < -0.4 is 5.32 Å². The normalized spacial score (nSPS) is 25.1. The lowest BCUT2D eigenvalue weighted by Gasteiger charge is -2.34. The van der Waals surface area contributed by atoms with Crippen LogP contribution >= 0.6 is 0 Å². The maximum absolute atomic E-state index is 10.6. The van der Waals surface area contributed by atoms with Crippen molar-refractivity contribution in [3.63, 3.8) is 0 Å². The van der Waals surface area contributed by atoms with Crippen molar-refractivity contribution in [1.82, 2.24) is 10.2 Å². The highest BCUT2D eigenvalue weighted by Gasteiger charge is 2.38. The number of benzene rings is 1. The zero-order valence-electron chi connectivity index (χ0n) is 12.3. The maximum Gasteiger partial charge on any atom is 0.207 e. The molecule has 108 valence electrons. The Labute approximate surface area is 121 Å². The van der Waals surface area contributed by atoms with Gasteiger partial charge in [0.25, 0.3) is 0 Å². The third-order valence-electron chi connectivity index (χ3n) is 4.91. The van der Waals surface area contributed by atoms with Gasteiger partial charge in [0.05, 0.1) is 0 Å². The number of fused-ring (bicyclic) bond motifs is 3. The van der Waals surface area contributed by atoms with E-state index in [1.807, 2.05) is 0 Å². The molecule has 0 bridgehead atoms. The fraction of sp³-hybridized carbons (Fsp3) is 0.588. The van der Waals surface area contributed by atoms with Crippen molar-refractivity contribution in [2.24, 2.45) is 0 Å². The molecule has 0 radical (unpaired) electrons. The van der Waals surface area contributed by atoms with Crippen molar-refractivity contribution in [1.29, 1.82) is 0 Å². The maximum atomic E-state index is 10.6. The first-order valence-electron chi connectivity index (χ1n) is 7.87. The van der Waals surface area contributed by atoms with Crippen LogP contribution in [0, 0.1) is 0 Å². The second-order valence-corrected chi connectivity index (χ2v) is 6.03. The molecule has 3 nitrogen and oxygen atoms in total. The zero-order valence-corrected chi connectivity index (χ0v) is 12.3. The van der Waals surface area contributed by atoms with Gasteiger partial charge in [0.2, 0.25) is 6.41 Å². The number of likely N-dealkylation sites (tertiary alicyclic amines) is 1. The van der Waals surface area contributed by atoms with Crippen LogP contribution in [0.25, 0.3) is 0 Å². The van der Waals surface area contributed by atoms with Crippen molar-refractivity contribution in [2.45, 2.75) is 51.1 Å². The predicted molar refractivity (Wildman–Crippen MR) is 80.7 cm³/mol. The molecular weight excluding hydrogens is 248 g/mol. The SMILES string of the molecule is CCCN1CCC2c3c(cccc3CNC=O)CCC21. The summed E-state index contributed by atoms with van der Waals surface area (Å²) in [4.78, 5) is 13.3. The molecule has 1 aliphatic carbocycles. The fourth-order valence-electron chi connectivity index (χ4n) is 4.17. The van der Waals surface area contributed by atoms with Gasteiger partial charge >= 0.3 is 0 Å². The minimum absolute atomic E-state index is 0.670. The number of nitrogens with zero attached hydrogens (tertiary/aromatic N) is 1. The predicted octanol–water partition coefficient (Wildman–Crippen LogP) is 2.45. The highest BCUT2D eigenvalue weighted by atomic mass is 16.1. The highest BCUT2D eigenvalue weighted by molar-refractivity contribution is 5.48. The van der Waals surface area contributed by atoms with Crippen LogP contribution in [-0.4, -0.2) is 30.4 Å². The van der Waals surface area contributed by atoms with Gasteiger partial charge in [-0.25, -0.2) is 0 Å². The van der Waals surface area contributed by atoms with Gasteiger partial charge in [-0.05, 0) is 55.5 Å². The molecule has 3 heteroatoms. The number of carbonyl (C=O) groups excluding carboxylic acids is 1. The summed E-state index contributed by atoms with van der Waals surface area (Å²) in [6, 6.07) is 7.32. The first-order valence-corrected chi connectivity index (χ1v) is 7.87. The van der Waals surface area contributed by atoms with Crippen molar-refractivity contribution in [3.8, 4) is 0 Å². The quantitative estimate of drug-likeness (QED) is 0.835. The van der Waals surface area contributed by atoms with E-state index >= 15 is 0 Å². The van der Waals surface area contributed by atoms with Crippen LogP contribution in [0.4, 0.5) is 0 Å².